The van der Waals surface area contributed by atoms with Crippen LogP contribution in [0.25, 0.3) is 0 Å². The van der Waals surface area contributed by atoms with Gasteiger partial charge in [0.25, 0.3) is 0 Å². The molecule has 72 valence electrons. The van der Waals surface area contributed by atoms with Gasteiger partial charge in [-0.2, -0.15) is 0 Å². The fourth-order valence-corrected chi connectivity index (χ4v) is 3.74. The molecule has 0 spiro atoms. The van der Waals surface area contributed by atoms with Crippen molar-refractivity contribution in [2.75, 3.05) is 26.1 Å². The van der Waals surface area contributed by atoms with Crippen molar-refractivity contribution in [3.8, 4) is 0 Å². The predicted octanol–water partition coefficient (Wildman–Crippen LogP) is 2.17. The Morgan fingerprint density at radius 2 is 2.08 bits per heavy atom. The van der Waals surface area contributed by atoms with E-state index in [-0.39, 0.29) is 5.12 Å². The molecule has 0 radical (unpaired) electrons. The third-order valence-corrected chi connectivity index (χ3v) is 4.56. The Balaban J connectivity index is 3.70. The molecular weight excluding hydrogens is 210 g/mol. The third-order valence-electron chi connectivity index (χ3n) is 1.21. The van der Waals surface area contributed by atoms with Crippen LogP contribution in [0.3, 0.4) is 0 Å². The van der Waals surface area contributed by atoms with Gasteiger partial charge in [-0.3, -0.25) is 9.69 Å². The molecule has 0 aromatic carbocycles. The summed E-state index contributed by atoms with van der Waals surface area (Å²) >= 11 is 1.39. The van der Waals surface area contributed by atoms with E-state index in [4.69, 9.17) is 0 Å². The molecular formula is C7H15NOS3. The summed E-state index contributed by atoms with van der Waals surface area (Å²) in [6.07, 6.45) is 2.06. The highest BCUT2D eigenvalue weighted by Crippen LogP contribution is 2.27. The van der Waals surface area contributed by atoms with E-state index in [2.05, 4.69) is 11.2 Å². The first kappa shape index (κ1) is 12.7. The predicted molar refractivity (Wildman–Crippen MR) is 61.7 cm³/mol. The van der Waals surface area contributed by atoms with Crippen LogP contribution >= 0.6 is 33.3 Å². The van der Waals surface area contributed by atoms with E-state index < -0.39 is 0 Å². The number of thioether (sulfide) groups is 1. The first-order chi connectivity index (χ1) is 5.57. The normalized spacial score (nSPS) is 13.4. The molecule has 0 aromatic rings. The van der Waals surface area contributed by atoms with Gasteiger partial charge < -0.3 is 0 Å². The third kappa shape index (κ3) is 6.22. The van der Waals surface area contributed by atoms with Gasteiger partial charge in [0.2, 0.25) is 0 Å². The lowest BCUT2D eigenvalue weighted by atomic mass is 10.7. The van der Waals surface area contributed by atoms with Crippen molar-refractivity contribution in [1.29, 1.82) is 0 Å². The Hall–Kier alpha value is 0.680. The summed E-state index contributed by atoms with van der Waals surface area (Å²) in [6.45, 7) is 1.61. The van der Waals surface area contributed by atoms with E-state index in [1.165, 1.54) is 11.8 Å². The fraction of sp³-hybridized carbons (Fsp3) is 0.857. The quantitative estimate of drug-likeness (QED) is 0.526. The second-order valence-electron chi connectivity index (χ2n) is 2.48. The average molecular weight is 225 g/mol. The van der Waals surface area contributed by atoms with Crippen molar-refractivity contribution in [3.63, 3.8) is 0 Å². The SMILES string of the molecule is CSSC(CSC(C)=O)N(C)C. The molecule has 0 bridgehead atoms. The molecule has 0 amide bonds. The molecule has 5 heteroatoms. The molecule has 0 saturated carbocycles. The lowest BCUT2D eigenvalue weighted by molar-refractivity contribution is -0.109. The molecule has 0 aliphatic heterocycles. The van der Waals surface area contributed by atoms with Crippen molar-refractivity contribution in [1.82, 2.24) is 4.90 Å². The molecule has 0 aliphatic carbocycles. The summed E-state index contributed by atoms with van der Waals surface area (Å²) in [5.74, 6) is 0.869. The monoisotopic (exact) mass is 225 g/mol. The smallest absolute Gasteiger partial charge is 0.185 e. The van der Waals surface area contributed by atoms with Crippen molar-refractivity contribution in [2.45, 2.75) is 12.3 Å². The minimum atomic E-state index is 0.198. The maximum atomic E-state index is 10.7. The highest BCUT2D eigenvalue weighted by Gasteiger charge is 2.12. The Morgan fingerprint density at radius 1 is 1.50 bits per heavy atom. The Labute approximate surface area is 86.6 Å². The van der Waals surface area contributed by atoms with Gasteiger partial charge in [-0.1, -0.05) is 33.3 Å². The largest absolute Gasteiger partial charge is 0.296 e. The van der Waals surface area contributed by atoms with Crippen LogP contribution in [0.4, 0.5) is 0 Å². The standard InChI is InChI=1S/C7H15NOS3/c1-6(9)11-5-7(8(2)3)12-10-4/h7H,5H2,1-4H3. The zero-order chi connectivity index (χ0) is 9.56. The van der Waals surface area contributed by atoms with Crippen LogP contribution in [0.2, 0.25) is 0 Å². The van der Waals surface area contributed by atoms with Gasteiger partial charge in [-0.15, -0.1) is 0 Å². The summed E-state index contributed by atoms with van der Waals surface area (Å²) in [6, 6.07) is 0. The van der Waals surface area contributed by atoms with Gasteiger partial charge in [-0.25, -0.2) is 0 Å². The Morgan fingerprint density at radius 3 is 2.42 bits per heavy atom. The van der Waals surface area contributed by atoms with E-state index in [9.17, 15) is 4.79 Å². The van der Waals surface area contributed by atoms with Gasteiger partial charge in [0.05, 0.1) is 5.37 Å². The summed E-state index contributed by atoms with van der Waals surface area (Å²) in [4.78, 5) is 12.8. The zero-order valence-electron chi connectivity index (χ0n) is 7.86. The van der Waals surface area contributed by atoms with Gasteiger partial charge in [0, 0.05) is 12.7 Å². The summed E-state index contributed by atoms with van der Waals surface area (Å²) < 4.78 is 0. The van der Waals surface area contributed by atoms with E-state index in [1.54, 1.807) is 28.5 Å². The van der Waals surface area contributed by atoms with Crippen molar-refractivity contribution in [3.05, 3.63) is 0 Å². The van der Waals surface area contributed by atoms with Crippen LogP contribution in [0, 0.1) is 0 Å². The van der Waals surface area contributed by atoms with E-state index >= 15 is 0 Å². The number of hydrogen-bond donors (Lipinski definition) is 0. The summed E-state index contributed by atoms with van der Waals surface area (Å²) in [5.41, 5.74) is 0. The molecule has 0 aromatic heterocycles. The van der Waals surface area contributed by atoms with Crippen molar-refractivity contribution >= 4 is 38.5 Å². The van der Waals surface area contributed by atoms with Crippen LogP contribution < -0.4 is 0 Å². The zero-order valence-corrected chi connectivity index (χ0v) is 10.3. The topological polar surface area (TPSA) is 20.3 Å². The Bertz CT molecular complexity index is 141. The van der Waals surface area contributed by atoms with Crippen LogP contribution in [-0.2, 0) is 4.79 Å². The lowest BCUT2D eigenvalue weighted by Gasteiger charge is -2.21. The highest BCUT2D eigenvalue weighted by molar-refractivity contribution is 8.76. The Kier molecular flexibility index (Phi) is 7.52. The highest BCUT2D eigenvalue weighted by atomic mass is 33.1. The number of rotatable bonds is 5. The summed E-state index contributed by atoms with van der Waals surface area (Å²) in [7, 11) is 7.61. The average Bonchev–Trinajstić information content (AvgIpc) is 1.96. The number of nitrogens with zero attached hydrogens (tertiary/aromatic N) is 1. The van der Waals surface area contributed by atoms with E-state index in [1.807, 2.05) is 14.1 Å². The second kappa shape index (κ2) is 7.12. The van der Waals surface area contributed by atoms with Crippen LogP contribution in [0.1, 0.15) is 6.92 Å². The van der Waals surface area contributed by atoms with Crippen molar-refractivity contribution in [2.24, 2.45) is 0 Å². The minimum Gasteiger partial charge on any atom is -0.296 e. The fourth-order valence-electron chi connectivity index (χ4n) is 0.563. The van der Waals surface area contributed by atoms with Crippen molar-refractivity contribution < 1.29 is 4.79 Å². The molecule has 12 heavy (non-hydrogen) atoms. The van der Waals surface area contributed by atoms with Crippen LogP contribution in [0.5, 0.6) is 0 Å². The molecule has 1 atom stereocenters. The van der Waals surface area contributed by atoms with Crippen LogP contribution in [-0.4, -0.2) is 41.5 Å². The van der Waals surface area contributed by atoms with Gasteiger partial charge in [-0.05, 0) is 20.4 Å². The maximum Gasteiger partial charge on any atom is 0.185 e. The molecule has 1 unspecified atom stereocenters. The van der Waals surface area contributed by atoms with Gasteiger partial charge in [0.15, 0.2) is 5.12 Å². The first-order valence-corrected chi connectivity index (χ1v) is 7.18. The number of carbonyl (C=O) groups excluding carboxylic acids is 1. The van der Waals surface area contributed by atoms with Crippen LogP contribution in [0.15, 0.2) is 0 Å². The maximum absolute atomic E-state index is 10.7. The molecule has 0 rings (SSSR count). The number of hydrogen-bond acceptors (Lipinski definition) is 5. The molecule has 0 aliphatic rings. The van der Waals surface area contributed by atoms with E-state index in [0.717, 1.165) is 5.75 Å². The molecule has 2 nitrogen and oxygen atoms in total. The van der Waals surface area contributed by atoms with Gasteiger partial charge in [0.1, 0.15) is 0 Å². The molecule has 0 heterocycles. The van der Waals surface area contributed by atoms with Gasteiger partial charge >= 0.3 is 0 Å². The minimum absolute atomic E-state index is 0.198. The lowest BCUT2D eigenvalue weighted by Crippen LogP contribution is -2.26. The molecule has 0 fully saturated rings. The number of carbonyl (C=O) groups is 1. The molecule has 0 saturated heterocycles. The summed E-state index contributed by atoms with van der Waals surface area (Å²) in [5, 5.41) is 0.623. The molecule has 0 N–H and O–H groups in total. The first-order valence-electron chi connectivity index (χ1n) is 3.57. The second-order valence-corrected chi connectivity index (χ2v) is 6.33. The van der Waals surface area contributed by atoms with E-state index in [0.29, 0.717) is 5.37 Å².